The molecule has 0 bridgehead atoms. The minimum Gasteiger partial charge on any atom is -0.335 e. The molecule has 1 saturated heterocycles. The fourth-order valence-corrected chi connectivity index (χ4v) is 3.55. The van der Waals surface area contributed by atoms with Gasteiger partial charge in [0.1, 0.15) is 5.82 Å². The molecular formula is C20H24ClFN2O. The highest BCUT2D eigenvalue weighted by Gasteiger charge is 2.36. The van der Waals surface area contributed by atoms with Crippen molar-refractivity contribution in [3.63, 3.8) is 0 Å². The number of carbonyl (C=O) groups excluding carboxylic acids is 1. The largest absolute Gasteiger partial charge is 0.335 e. The number of carbonyl (C=O) groups is 1. The summed E-state index contributed by atoms with van der Waals surface area (Å²) >= 11 is 0. The Morgan fingerprint density at radius 3 is 2.64 bits per heavy atom. The standard InChI is InChI=1S/C20H23FN2O.ClH/c1-14-10-11-23(20(14)16-8-5-9-17(21)12-16)19(24)13-18(22)15-6-3-2-4-7-15;/h2-9,12,14,18,20H,10-11,13,22H2,1H3;1H. The maximum atomic E-state index is 13.6. The molecule has 1 aliphatic heterocycles. The number of hydrogen-bond donors (Lipinski definition) is 1. The van der Waals surface area contributed by atoms with E-state index in [2.05, 4.69) is 6.92 Å². The molecule has 3 nitrogen and oxygen atoms in total. The van der Waals surface area contributed by atoms with Crippen molar-refractivity contribution in [2.24, 2.45) is 11.7 Å². The number of amides is 1. The molecule has 0 aromatic heterocycles. The van der Waals surface area contributed by atoms with Crippen LogP contribution in [-0.4, -0.2) is 17.4 Å². The van der Waals surface area contributed by atoms with Crippen molar-refractivity contribution < 1.29 is 9.18 Å². The van der Waals surface area contributed by atoms with E-state index >= 15 is 0 Å². The summed E-state index contributed by atoms with van der Waals surface area (Å²) in [4.78, 5) is 14.7. The van der Waals surface area contributed by atoms with Crippen LogP contribution in [0.4, 0.5) is 4.39 Å². The minimum atomic E-state index is -0.317. The Kier molecular flexibility index (Phi) is 6.57. The van der Waals surface area contributed by atoms with E-state index in [4.69, 9.17) is 5.73 Å². The third-order valence-electron chi connectivity index (χ3n) is 4.83. The molecule has 1 fully saturated rings. The van der Waals surface area contributed by atoms with Gasteiger partial charge in [-0.25, -0.2) is 4.39 Å². The predicted molar refractivity (Wildman–Crippen MR) is 99.9 cm³/mol. The summed E-state index contributed by atoms with van der Waals surface area (Å²) in [6.07, 6.45) is 1.19. The molecule has 3 atom stereocenters. The molecule has 25 heavy (non-hydrogen) atoms. The Balaban J connectivity index is 0.00000225. The second-order valence-electron chi connectivity index (χ2n) is 6.57. The second kappa shape index (κ2) is 8.45. The average molecular weight is 363 g/mol. The zero-order valence-electron chi connectivity index (χ0n) is 14.3. The summed E-state index contributed by atoms with van der Waals surface area (Å²) in [6, 6.07) is 15.8. The van der Waals surface area contributed by atoms with E-state index in [1.807, 2.05) is 41.3 Å². The van der Waals surface area contributed by atoms with E-state index in [1.165, 1.54) is 12.1 Å². The molecule has 134 valence electrons. The van der Waals surface area contributed by atoms with Gasteiger partial charge in [0.15, 0.2) is 0 Å². The number of nitrogens with zero attached hydrogens (tertiary/aromatic N) is 1. The Bertz CT molecular complexity index is 710. The maximum absolute atomic E-state index is 13.6. The van der Waals surface area contributed by atoms with Gasteiger partial charge in [0, 0.05) is 19.0 Å². The lowest BCUT2D eigenvalue weighted by atomic mass is 9.95. The van der Waals surface area contributed by atoms with E-state index in [-0.39, 0.29) is 42.6 Å². The zero-order chi connectivity index (χ0) is 17.1. The van der Waals surface area contributed by atoms with Gasteiger partial charge in [-0.05, 0) is 35.6 Å². The quantitative estimate of drug-likeness (QED) is 0.883. The molecule has 2 N–H and O–H groups in total. The van der Waals surface area contributed by atoms with Gasteiger partial charge in [-0.3, -0.25) is 4.79 Å². The smallest absolute Gasteiger partial charge is 0.225 e. The van der Waals surface area contributed by atoms with Gasteiger partial charge in [0.25, 0.3) is 0 Å². The van der Waals surface area contributed by atoms with Crippen molar-refractivity contribution in [3.05, 3.63) is 71.5 Å². The first kappa shape index (κ1) is 19.4. The Morgan fingerprint density at radius 1 is 1.24 bits per heavy atom. The molecule has 0 aliphatic carbocycles. The van der Waals surface area contributed by atoms with Crippen LogP contribution in [0.25, 0.3) is 0 Å². The first-order chi connectivity index (χ1) is 11.6. The highest BCUT2D eigenvalue weighted by Crippen LogP contribution is 2.38. The number of benzene rings is 2. The van der Waals surface area contributed by atoms with Gasteiger partial charge in [-0.1, -0.05) is 49.4 Å². The Labute approximate surface area is 154 Å². The lowest BCUT2D eigenvalue weighted by molar-refractivity contribution is -0.132. The van der Waals surface area contributed by atoms with Crippen LogP contribution in [-0.2, 0) is 4.79 Å². The van der Waals surface area contributed by atoms with Gasteiger partial charge in [-0.15, -0.1) is 12.4 Å². The molecular weight excluding hydrogens is 339 g/mol. The molecule has 5 heteroatoms. The number of nitrogens with two attached hydrogens (primary N) is 1. The zero-order valence-corrected chi connectivity index (χ0v) is 15.1. The highest BCUT2D eigenvalue weighted by atomic mass is 35.5. The Morgan fingerprint density at radius 2 is 1.96 bits per heavy atom. The molecule has 2 aromatic carbocycles. The third-order valence-corrected chi connectivity index (χ3v) is 4.83. The van der Waals surface area contributed by atoms with Crippen LogP contribution in [0.2, 0.25) is 0 Å². The number of halogens is 2. The van der Waals surface area contributed by atoms with Crippen molar-refractivity contribution in [1.82, 2.24) is 4.90 Å². The van der Waals surface area contributed by atoms with E-state index in [0.717, 1.165) is 17.5 Å². The lowest BCUT2D eigenvalue weighted by Gasteiger charge is -2.28. The Hall–Kier alpha value is -1.91. The first-order valence-electron chi connectivity index (χ1n) is 8.41. The van der Waals surface area contributed by atoms with Crippen molar-refractivity contribution in [2.45, 2.75) is 31.8 Å². The summed E-state index contributed by atoms with van der Waals surface area (Å²) in [6.45, 7) is 2.81. The molecule has 0 saturated carbocycles. The molecule has 1 heterocycles. The molecule has 3 rings (SSSR count). The number of hydrogen-bond acceptors (Lipinski definition) is 2. The van der Waals surface area contributed by atoms with E-state index < -0.39 is 0 Å². The second-order valence-corrected chi connectivity index (χ2v) is 6.57. The van der Waals surface area contributed by atoms with Crippen molar-refractivity contribution in [3.8, 4) is 0 Å². The SMILES string of the molecule is CC1CCN(C(=O)CC(N)c2ccccc2)C1c1cccc(F)c1.Cl. The van der Waals surface area contributed by atoms with E-state index in [9.17, 15) is 9.18 Å². The predicted octanol–water partition coefficient (Wildman–Crippen LogP) is 4.25. The van der Waals surface area contributed by atoms with Gasteiger partial charge in [0.05, 0.1) is 6.04 Å². The summed E-state index contributed by atoms with van der Waals surface area (Å²) in [5.41, 5.74) is 8.02. The fourth-order valence-electron chi connectivity index (χ4n) is 3.55. The van der Waals surface area contributed by atoms with Crippen LogP contribution in [0.5, 0.6) is 0 Å². The monoisotopic (exact) mass is 362 g/mol. The van der Waals surface area contributed by atoms with Crippen molar-refractivity contribution >= 4 is 18.3 Å². The highest BCUT2D eigenvalue weighted by molar-refractivity contribution is 5.85. The van der Waals surface area contributed by atoms with Crippen LogP contribution >= 0.6 is 12.4 Å². The van der Waals surface area contributed by atoms with Gasteiger partial charge in [0.2, 0.25) is 5.91 Å². The molecule has 1 amide bonds. The average Bonchev–Trinajstić information content (AvgIpc) is 2.97. The molecule has 1 aliphatic rings. The summed E-state index contributed by atoms with van der Waals surface area (Å²) in [5, 5.41) is 0. The lowest BCUT2D eigenvalue weighted by Crippen LogP contribution is -2.34. The summed E-state index contributed by atoms with van der Waals surface area (Å²) in [5.74, 6) is 0.0775. The van der Waals surface area contributed by atoms with Gasteiger partial charge >= 0.3 is 0 Å². The summed E-state index contributed by atoms with van der Waals surface area (Å²) in [7, 11) is 0. The van der Waals surface area contributed by atoms with Crippen LogP contribution in [0.3, 0.4) is 0 Å². The van der Waals surface area contributed by atoms with Crippen molar-refractivity contribution in [1.29, 1.82) is 0 Å². The van der Waals surface area contributed by atoms with Crippen molar-refractivity contribution in [2.75, 3.05) is 6.54 Å². The maximum Gasteiger partial charge on any atom is 0.225 e. The van der Waals surface area contributed by atoms with Crippen LogP contribution in [0.15, 0.2) is 54.6 Å². The van der Waals surface area contributed by atoms with Crippen LogP contribution in [0, 0.1) is 11.7 Å². The topological polar surface area (TPSA) is 46.3 Å². The minimum absolute atomic E-state index is 0. The van der Waals surface area contributed by atoms with Crippen LogP contribution in [0.1, 0.15) is 43.0 Å². The van der Waals surface area contributed by atoms with Gasteiger partial charge < -0.3 is 10.6 Å². The first-order valence-corrected chi connectivity index (χ1v) is 8.41. The third kappa shape index (κ3) is 4.39. The van der Waals surface area contributed by atoms with E-state index in [1.54, 1.807) is 6.07 Å². The fraction of sp³-hybridized carbons (Fsp3) is 0.350. The summed E-state index contributed by atoms with van der Waals surface area (Å²) < 4.78 is 13.6. The molecule has 0 spiro atoms. The number of rotatable bonds is 4. The number of likely N-dealkylation sites (tertiary alicyclic amines) is 1. The van der Waals surface area contributed by atoms with Gasteiger partial charge in [-0.2, -0.15) is 0 Å². The molecule has 3 unspecified atom stereocenters. The normalized spacial score (nSPS) is 20.8. The molecule has 2 aromatic rings. The van der Waals surface area contributed by atoms with Crippen LogP contribution < -0.4 is 5.73 Å². The molecule has 0 radical (unpaired) electrons. The van der Waals surface area contributed by atoms with E-state index in [0.29, 0.717) is 12.5 Å².